The van der Waals surface area contributed by atoms with Crippen LogP contribution >= 0.6 is 0 Å². The highest BCUT2D eigenvalue weighted by atomic mass is 16.5. The summed E-state index contributed by atoms with van der Waals surface area (Å²) in [5.74, 6) is 0.486. The first-order valence-electron chi connectivity index (χ1n) is 7.57. The van der Waals surface area contributed by atoms with Crippen molar-refractivity contribution in [2.45, 2.75) is 12.8 Å². The summed E-state index contributed by atoms with van der Waals surface area (Å²) in [7, 11) is 1.84. The van der Waals surface area contributed by atoms with E-state index in [2.05, 4.69) is 15.3 Å². The van der Waals surface area contributed by atoms with E-state index in [-0.39, 0.29) is 17.7 Å². The second-order valence-electron chi connectivity index (χ2n) is 5.62. The number of pyridine rings is 1. The fourth-order valence-electron chi connectivity index (χ4n) is 2.97. The molecule has 1 amide bonds. The number of fused-ring (bicyclic) bond motifs is 1. The molecule has 2 aromatic heterocycles. The van der Waals surface area contributed by atoms with Gasteiger partial charge in [0.1, 0.15) is 5.52 Å². The van der Waals surface area contributed by atoms with Gasteiger partial charge < -0.3 is 10.5 Å². The number of aromatic nitrogens is 3. The third-order valence-corrected chi connectivity index (χ3v) is 4.29. The van der Waals surface area contributed by atoms with Crippen molar-refractivity contribution in [1.82, 2.24) is 14.5 Å². The molecule has 3 heterocycles. The number of imidazole rings is 1. The summed E-state index contributed by atoms with van der Waals surface area (Å²) in [6, 6.07) is 3.70. The van der Waals surface area contributed by atoms with E-state index >= 15 is 0 Å². The molecule has 1 fully saturated rings. The molecule has 0 bridgehead atoms. The fraction of sp³-hybridized carbons (Fsp3) is 0.533. The fourth-order valence-corrected chi connectivity index (χ4v) is 2.97. The van der Waals surface area contributed by atoms with Crippen LogP contribution in [0.15, 0.2) is 18.3 Å². The Morgan fingerprint density at radius 1 is 1.55 bits per heavy atom. The van der Waals surface area contributed by atoms with Gasteiger partial charge in [-0.05, 0) is 30.9 Å². The highest BCUT2D eigenvalue weighted by Gasteiger charge is 2.29. The van der Waals surface area contributed by atoms with Crippen LogP contribution in [0.5, 0.6) is 0 Å². The third-order valence-electron chi connectivity index (χ3n) is 4.29. The Kier molecular flexibility index (Phi) is 4.35. The molecule has 3 rings (SSSR count). The Balaban J connectivity index is 1.77. The Bertz CT molecular complexity index is 663. The minimum atomic E-state index is -0.211. The lowest BCUT2D eigenvalue weighted by atomic mass is 9.85. The van der Waals surface area contributed by atoms with E-state index in [4.69, 9.17) is 10.5 Å². The maximum absolute atomic E-state index is 12.6. The lowest BCUT2D eigenvalue weighted by Crippen LogP contribution is -2.38. The minimum absolute atomic E-state index is 0.0761. The number of ether oxygens (including phenoxy) is 1. The first-order chi connectivity index (χ1) is 10.7. The van der Waals surface area contributed by atoms with E-state index in [1.54, 1.807) is 10.8 Å². The second kappa shape index (κ2) is 6.41. The van der Waals surface area contributed by atoms with E-state index in [0.717, 1.165) is 24.0 Å². The molecule has 7 nitrogen and oxygen atoms in total. The number of hydrogen-bond donors (Lipinski definition) is 2. The maximum Gasteiger partial charge on any atom is 0.231 e. The van der Waals surface area contributed by atoms with Crippen LogP contribution in [0, 0.1) is 11.8 Å². The number of rotatable bonds is 4. The number of hydrogen-bond acceptors (Lipinski definition) is 5. The molecule has 1 aliphatic rings. The van der Waals surface area contributed by atoms with Crippen molar-refractivity contribution in [3.63, 3.8) is 0 Å². The molecule has 0 aliphatic carbocycles. The molecule has 0 spiro atoms. The SMILES string of the molecule is Cn1c(NC(=O)C(CN)C2CCOCC2)nc2cccnc21. The predicted octanol–water partition coefficient (Wildman–Crippen LogP) is 0.908. The first-order valence-corrected chi connectivity index (χ1v) is 7.57. The number of carbonyl (C=O) groups is 1. The monoisotopic (exact) mass is 303 g/mol. The molecule has 1 aliphatic heterocycles. The topological polar surface area (TPSA) is 95.1 Å². The first kappa shape index (κ1) is 14.9. The summed E-state index contributed by atoms with van der Waals surface area (Å²) in [4.78, 5) is 21.3. The molecule has 1 saturated heterocycles. The summed E-state index contributed by atoms with van der Waals surface area (Å²) in [5, 5.41) is 2.90. The van der Waals surface area contributed by atoms with Gasteiger partial charge in [-0.25, -0.2) is 9.97 Å². The van der Waals surface area contributed by atoms with Gasteiger partial charge in [0, 0.05) is 33.0 Å². The largest absolute Gasteiger partial charge is 0.381 e. The molecule has 0 radical (unpaired) electrons. The quantitative estimate of drug-likeness (QED) is 0.875. The number of aryl methyl sites for hydroxylation is 1. The van der Waals surface area contributed by atoms with Gasteiger partial charge in [0.15, 0.2) is 5.65 Å². The summed E-state index contributed by atoms with van der Waals surface area (Å²) in [6.45, 7) is 1.73. The Morgan fingerprint density at radius 3 is 3.00 bits per heavy atom. The summed E-state index contributed by atoms with van der Waals surface area (Å²) < 4.78 is 7.14. The van der Waals surface area contributed by atoms with Crippen molar-refractivity contribution in [2.24, 2.45) is 24.6 Å². The molecule has 0 aromatic carbocycles. The molecule has 118 valence electrons. The van der Waals surface area contributed by atoms with Gasteiger partial charge in [0.05, 0.1) is 5.92 Å². The summed E-state index contributed by atoms with van der Waals surface area (Å²) >= 11 is 0. The maximum atomic E-state index is 12.6. The van der Waals surface area contributed by atoms with Crippen LogP contribution in [-0.2, 0) is 16.6 Å². The minimum Gasteiger partial charge on any atom is -0.381 e. The Morgan fingerprint density at radius 2 is 2.32 bits per heavy atom. The number of amides is 1. The van der Waals surface area contributed by atoms with E-state index < -0.39 is 0 Å². The average molecular weight is 303 g/mol. The van der Waals surface area contributed by atoms with Gasteiger partial charge in [-0.2, -0.15) is 0 Å². The molecule has 3 N–H and O–H groups in total. The predicted molar refractivity (Wildman–Crippen MR) is 83.2 cm³/mol. The van der Waals surface area contributed by atoms with Gasteiger partial charge in [0.25, 0.3) is 0 Å². The molecule has 1 atom stereocenters. The molecule has 0 saturated carbocycles. The van der Waals surface area contributed by atoms with E-state index in [9.17, 15) is 4.79 Å². The summed E-state index contributed by atoms with van der Waals surface area (Å²) in [6.07, 6.45) is 3.46. The van der Waals surface area contributed by atoms with Crippen molar-refractivity contribution in [2.75, 3.05) is 25.1 Å². The zero-order valence-corrected chi connectivity index (χ0v) is 12.7. The van der Waals surface area contributed by atoms with Crippen LogP contribution in [0.25, 0.3) is 11.2 Å². The van der Waals surface area contributed by atoms with E-state index in [0.29, 0.717) is 25.7 Å². The Hall–Kier alpha value is -1.99. The zero-order chi connectivity index (χ0) is 15.5. The molecule has 7 heteroatoms. The number of nitrogens with zero attached hydrogens (tertiary/aromatic N) is 3. The number of nitrogens with one attached hydrogen (secondary N) is 1. The van der Waals surface area contributed by atoms with Gasteiger partial charge in [-0.1, -0.05) is 0 Å². The van der Waals surface area contributed by atoms with E-state index in [1.165, 1.54) is 0 Å². The van der Waals surface area contributed by atoms with E-state index in [1.807, 2.05) is 19.2 Å². The van der Waals surface area contributed by atoms with Crippen LogP contribution in [0.3, 0.4) is 0 Å². The zero-order valence-electron chi connectivity index (χ0n) is 12.7. The second-order valence-corrected chi connectivity index (χ2v) is 5.62. The van der Waals surface area contributed by atoms with Crippen molar-refractivity contribution >= 4 is 23.0 Å². The highest BCUT2D eigenvalue weighted by Crippen LogP contribution is 2.25. The number of anilines is 1. The van der Waals surface area contributed by atoms with Crippen molar-refractivity contribution in [3.05, 3.63) is 18.3 Å². The van der Waals surface area contributed by atoms with Gasteiger partial charge in [0.2, 0.25) is 11.9 Å². The average Bonchev–Trinajstić information content (AvgIpc) is 2.86. The van der Waals surface area contributed by atoms with Crippen molar-refractivity contribution < 1.29 is 9.53 Å². The molecule has 2 aromatic rings. The standard InChI is InChI=1S/C15H21N5O2/c1-20-13-12(3-2-6-17-13)18-15(20)19-14(21)11(9-16)10-4-7-22-8-5-10/h2-3,6,10-11H,4-5,7-9,16H2,1H3,(H,18,19,21). The number of carbonyl (C=O) groups excluding carboxylic acids is 1. The lowest BCUT2D eigenvalue weighted by molar-refractivity contribution is -0.122. The normalized spacial score (nSPS) is 17.5. The lowest BCUT2D eigenvalue weighted by Gasteiger charge is -2.28. The van der Waals surface area contributed by atoms with Gasteiger partial charge >= 0.3 is 0 Å². The molecular weight excluding hydrogens is 282 g/mol. The van der Waals surface area contributed by atoms with Crippen LogP contribution in [0.1, 0.15) is 12.8 Å². The smallest absolute Gasteiger partial charge is 0.231 e. The highest BCUT2D eigenvalue weighted by molar-refractivity contribution is 5.93. The van der Waals surface area contributed by atoms with Gasteiger partial charge in [-0.15, -0.1) is 0 Å². The van der Waals surface area contributed by atoms with Crippen molar-refractivity contribution in [3.8, 4) is 0 Å². The van der Waals surface area contributed by atoms with Crippen LogP contribution in [0.2, 0.25) is 0 Å². The molecular formula is C15H21N5O2. The molecule has 22 heavy (non-hydrogen) atoms. The third kappa shape index (κ3) is 2.82. The molecule has 1 unspecified atom stereocenters. The Labute approximate surface area is 128 Å². The van der Waals surface area contributed by atoms with Crippen LogP contribution in [-0.4, -0.2) is 40.2 Å². The van der Waals surface area contributed by atoms with Gasteiger partial charge in [-0.3, -0.25) is 14.7 Å². The summed E-state index contributed by atoms with van der Waals surface area (Å²) in [5.41, 5.74) is 7.33. The van der Waals surface area contributed by atoms with Crippen molar-refractivity contribution in [1.29, 1.82) is 0 Å². The van der Waals surface area contributed by atoms with Crippen LogP contribution < -0.4 is 11.1 Å². The number of nitrogens with two attached hydrogens (primary N) is 1. The van der Waals surface area contributed by atoms with Crippen LogP contribution in [0.4, 0.5) is 5.95 Å².